The summed E-state index contributed by atoms with van der Waals surface area (Å²) in [5, 5.41) is 3.55. The number of para-hydroxylation sites is 2. The van der Waals surface area contributed by atoms with Gasteiger partial charge in [-0.1, -0.05) is 42.3 Å². The first-order valence-electron chi connectivity index (χ1n) is 8.73. The van der Waals surface area contributed by atoms with E-state index in [1.54, 1.807) is 36.4 Å². The number of anilines is 1. The molecule has 0 saturated carbocycles. The Kier molecular flexibility index (Phi) is 8.42. The first kappa shape index (κ1) is 21.9. The molecule has 2 aromatic rings. The highest BCUT2D eigenvalue weighted by atomic mass is 35.5. The molecule has 2 aromatic carbocycles. The van der Waals surface area contributed by atoms with Gasteiger partial charge in [0.1, 0.15) is 11.5 Å². The quantitative estimate of drug-likeness (QED) is 0.652. The van der Waals surface area contributed by atoms with E-state index < -0.39 is 0 Å². The smallest absolute Gasteiger partial charge is 0.260 e. The summed E-state index contributed by atoms with van der Waals surface area (Å²) in [6.07, 6.45) is 0.704. The Morgan fingerprint density at radius 1 is 1.11 bits per heavy atom. The summed E-state index contributed by atoms with van der Waals surface area (Å²) >= 11 is 11.9. The van der Waals surface area contributed by atoms with Crippen molar-refractivity contribution in [3.63, 3.8) is 0 Å². The van der Waals surface area contributed by atoms with E-state index in [-0.39, 0.29) is 25.0 Å². The summed E-state index contributed by atoms with van der Waals surface area (Å²) < 4.78 is 10.7. The summed E-state index contributed by atoms with van der Waals surface area (Å²) in [5.41, 5.74) is 0.545. The lowest BCUT2D eigenvalue weighted by Crippen LogP contribution is -2.41. The van der Waals surface area contributed by atoms with Gasteiger partial charge >= 0.3 is 0 Å². The molecule has 0 radical (unpaired) electrons. The zero-order chi connectivity index (χ0) is 20.5. The molecule has 0 aromatic heterocycles. The lowest BCUT2D eigenvalue weighted by atomic mass is 10.3. The van der Waals surface area contributed by atoms with Crippen molar-refractivity contribution in [3.05, 3.63) is 52.5 Å². The Balaban J connectivity index is 1.97. The number of benzene rings is 2. The van der Waals surface area contributed by atoms with Crippen LogP contribution >= 0.6 is 23.2 Å². The molecule has 1 N–H and O–H groups in total. The maximum absolute atomic E-state index is 12.5. The van der Waals surface area contributed by atoms with Crippen molar-refractivity contribution in [2.24, 2.45) is 0 Å². The largest absolute Gasteiger partial charge is 0.495 e. The summed E-state index contributed by atoms with van der Waals surface area (Å²) in [6.45, 7) is 2.02. The second kappa shape index (κ2) is 10.8. The zero-order valence-corrected chi connectivity index (χ0v) is 17.2. The monoisotopic (exact) mass is 424 g/mol. The molecule has 0 bridgehead atoms. The van der Waals surface area contributed by atoms with Gasteiger partial charge in [0, 0.05) is 11.6 Å². The van der Waals surface area contributed by atoms with Crippen molar-refractivity contribution < 1.29 is 19.1 Å². The van der Waals surface area contributed by atoms with Gasteiger partial charge in [0.2, 0.25) is 5.91 Å². The average molecular weight is 425 g/mol. The van der Waals surface area contributed by atoms with E-state index in [4.69, 9.17) is 32.7 Å². The molecule has 8 heteroatoms. The van der Waals surface area contributed by atoms with Crippen molar-refractivity contribution in [2.75, 3.05) is 32.1 Å². The molecule has 0 aliphatic heterocycles. The fourth-order valence-electron chi connectivity index (χ4n) is 2.50. The van der Waals surface area contributed by atoms with Crippen LogP contribution in [0, 0.1) is 0 Å². The maximum Gasteiger partial charge on any atom is 0.260 e. The molecular formula is C20H22Cl2N2O4. The van der Waals surface area contributed by atoms with Crippen molar-refractivity contribution in [1.29, 1.82) is 0 Å². The molecule has 0 atom stereocenters. The Hall–Kier alpha value is -2.44. The summed E-state index contributed by atoms with van der Waals surface area (Å²) in [4.78, 5) is 26.4. The molecule has 0 heterocycles. The van der Waals surface area contributed by atoms with Gasteiger partial charge in [-0.05, 0) is 36.8 Å². The van der Waals surface area contributed by atoms with Gasteiger partial charge in [0.05, 0.1) is 24.4 Å². The van der Waals surface area contributed by atoms with E-state index in [9.17, 15) is 9.59 Å². The Labute approximate surface area is 174 Å². The molecule has 0 fully saturated rings. The van der Waals surface area contributed by atoms with Crippen LogP contribution < -0.4 is 14.8 Å². The number of methoxy groups -OCH3 is 1. The van der Waals surface area contributed by atoms with E-state index in [0.29, 0.717) is 40.2 Å². The summed E-state index contributed by atoms with van der Waals surface area (Å²) in [5.74, 6) is 0.262. The topological polar surface area (TPSA) is 67.9 Å². The van der Waals surface area contributed by atoms with E-state index in [2.05, 4.69) is 5.32 Å². The predicted octanol–water partition coefficient (Wildman–Crippen LogP) is 4.26. The molecule has 0 aliphatic rings. The Bertz CT molecular complexity index is 830. The third kappa shape index (κ3) is 6.32. The minimum atomic E-state index is -0.323. The zero-order valence-electron chi connectivity index (χ0n) is 15.7. The molecule has 28 heavy (non-hydrogen) atoms. The van der Waals surface area contributed by atoms with Crippen LogP contribution in [0.1, 0.15) is 13.3 Å². The van der Waals surface area contributed by atoms with Crippen LogP contribution in [0.15, 0.2) is 42.5 Å². The third-order valence-corrected chi connectivity index (χ3v) is 4.34. The predicted molar refractivity (Wildman–Crippen MR) is 110 cm³/mol. The van der Waals surface area contributed by atoms with Crippen molar-refractivity contribution in [2.45, 2.75) is 13.3 Å². The average Bonchev–Trinajstić information content (AvgIpc) is 2.67. The number of nitrogens with one attached hydrogen (secondary N) is 1. The summed E-state index contributed by atoms with van der Waals surface area (Å²) in [7, 11) is 1.52. The van der Waals surface area contributed by atoms with Crippen LogP contribution in [0.25, 0.3) is 0 Å². The van der Waals surface area contributed by atoms with Crippen LogP contribution in [0.5, 0.6) is 11.5 Å². The molecule has 2 rings (SSSR count). The molecule has 6 nitrogen and oxygen atoms in total. The van der Waals surface area contributed by atoms with Gasteiger partial charge in [0.25, 0.3) is 5.91 Å². The van der Waals surface area contributed by atoms with Gasteiger partial charge in [-0.3, -0.25) is 9.59 Å². The Morgan fingerprint density at radius 2 is 1.86 bits per heavy atom. The van der Waals surface area contributed by atoms with Crippen LogP contribution in [-0.2, 0) is 9.59 Å². The second-order valence-corrected chi connectivity index (χ2v) is 6.77. The lowest BCUT2D eigenvalue weighted by molar-refractivity contribution is -0.136. The molecular weight excluding hydrogens is 403 g/mol. The fraction of sp³-hybridized carbons (Fsp3) is 0.300. The molecule has 150 valence electrons. The first-order chi connectivity index (χ1) is 13.4. The normalized spacial score (nSPS) is 10.3. The highest BCUT2D eigenvalue weighted by Gasteiger charge is 2.18. The minimum Gasteiger partial charge on any atom is -0.495 e. The van der Waals surface area contributed by atoms with Crippen LogP contribution in [0.4, 0.5) is 5.69 Å². The number of nitrogens with zero attached hydrogens (tertiary/aromatic N) is 1. The number of carbonyl (C=O) groups is 2. The highest BCUT2D eigenvalue weighted by molar-refractivity contribution is 6.35. The highest BCUT2D eigenvalue weighted by Crippen LogP contribution is 2.27. The molecule has 0 unspecified atom stereocenters. The second-order valence-electron chi connectivity index (χ2n) is 5.93. The number of carbonyl (C=O) groups excluding carboxylic acids is 2. The van der Waals surface area contributed by atoms with Crippen LogP contribution in [0.3, 0.4) is 0 Å². The molecule has 0 aliphatic carbocycles. The van der Waals surface area contributed by atoms with Crippen molar-refractivity contribution in [1.82, 2.24) is 4.90 Å². The van der Waals surface area contributed by atoms with E-state index in [0.717, 1.165) is 0 Å². The minimum absolute atomic E-state index is 0.0948. The van der Waals surface area contributed by atoms with Crippen molar-refractivity contribution in [3.8, 4) is 11.5 Å². The first-order valence-corrected chi connectivity index (χ1v) is 9.48. The third-order valence-electron chi connectivity index (χ3n) is 3.81. The van der Waals surface area contributed by atoms with Crippen molar-refractivity contribution >= 4 is 40.7 Å². The van der Waals surface area contributed by atoms with Gasteiger partial charge in [0.15, 0.2) is 6.61 Å². The maximum atomic E-state index is 12.5. The number of hydrogen-bond donors (Lipinski definition) is 1. The number of ether oxygens (including phenoxy) is 2. The standard InChI is InChI=1S/C20H22Cl2N2O4/c1-3-10-24(12-19(25)23-16-6-4-5-7-18(16)27-2)20(26)13-28-17-9-8-14(21)11-15(17)22/h4-9,11H,3,10,12-13H2,1-2H3,(H,23,25). The number of halogens is 2. The van der Waals surface area contributed by atoms with Crippen LogP contribution in [-0.4, -0.2) is 43.5 Å². The SMILES string of the molecule is CCCN(CC(=O)Nc1ccccc1OC)C(=O)COc1ccc(Cl)cc1Cl. The van der Waals surface area contributed by atoms with Gasteiger partial charge in [-0.15, -0.1) is 0 Å². The van der Waals surface area contributed by atoms with Gasteiger partial charge in [-0.2, -0.15) is 0 Å². The molecule has 2 amide bonds. The number of amides is 2. The van der Waals surface area contributed by atoms with Crippen LogP contribution in [0.2, 0.25) is 10.0 Å². The summed E-state index contributed by atoms with van der Waals surface area (Å²) in [6, 6.07) is 11.8. The Morgan fingerprint density at radius 3 is 2.54 bits per heavy atom. The fourth-order valence-corrected chi connectivity index (χ4v) is 2.96. The number of hydrogen-bond acceptors (Lipinski definition) is 4. The van der Waals surface area contributed by atoms with Gasteiger partial charge < -0.3 is 19.7 Å². The van der Waals surface area contributed by atoms with E-state index in [1.807, 2.05) is 6.92 Å². The van der Waals surface area contributed by atoms with E-state index in [1.165, 1.54) is 18.1 Å². The molecule has 0 saturated heterocycles. The van der Waals surface area contributed by atoms with E-state index >= 15 is 0 Å². The molecule has 0 spiro atoms. The van der Waals surface area contributed by atoms with Gasteiger partial charge in [-0.25, -0.2) is 0 Å². The lowest BCUT2D eigenvalue weighted by Gasteiger charge is -2.22. The number of rotatable bonds is 9.